The van der Waals surface area contributed by atoms with Crippen LogP contribution in [-0.4, -0.2) is 34.3 Å². The van der Waals surface area contributed by atoms with Crippen molar-refractivity contribution in [3.8, 4) is 11.3 Å². The van der Waals surface area contributed by atoms with E-state index in [0.717, 1.165) is 65.0 Å². The van der Waals surface area contributed by atoms with Gasteiger partial charge in [-0.1, -0.05) is 47.6 Å². The van der Waals surface area contributed by atoms with Crippen molar-refractivity contribution in [3.05, 3.63) is 82.9 Å². The van der Waals surface area contributed by atoms with Gasteiger partial charge in [0, 0.05) is 46.9 Å². The highest BCUT2D eigenvalue weighted by Gasteiger charge is 2.32. The van der Waals surface area contributed by atoms with E-state index in [2.05, 4.69) is 70.5 Å². The highest BCUT2D eigenvalue weighted by atomic mass is 16.5. The number of benzene rings is 2. The Balaban J connectivity index is 1.18. The molecule has 1 saturated heterocycles. The van der Waals surface area contributed by atoms with E-state index in [-0.39, 0.29) is 5.69 Å². The number of carbonyl (C=O) groups is 1. The van der Waals surface area contributed by atoms with Crippen molar-refractivity contribution in [3.63, 3.8) is 0 Å². The molecule has 1 aliphatic carbocycles. The van der Waals surface area contributed by atoms with Crippen LogP contribution in [0, 0.1) is 19.8 Å². The first-order chi connectivity index (χ1) is 18.0. The Labute approximate surface area is 216 Å². The van der Waals surface area contributed by atoms with Crippen LogP contribution in [0.3, 0.4) is 0 Å². The predicted molar refractivity (Wildman–Crippen MR) is 146 cm³/mol. The second-order valence-electron chi connectivity index (χ2n) is 10.4. The van der Waals surface area contributed by atoms with Crippen molar-refractivity contribution in [1.29, 1.82) is 0 Å². The molecule has 1 saturated carbocycles. The molecule has 6 nitrogen and oxygen atoms in total. The molecule has 6 heteroatoms. The fraction of sp³-hybridized carbons (Fsp3) is 0.323. The summed E-state index contributed by atoms with van der Waals surface area (Å²) in [7, 11) is 0. The van der Waals surface area contributed by atoms with Crippen LogP contribution >= 0.6 is 0 Å². The first kappa shape index (κ1) is 23.5. The van der Waals surface area contributed by atoms with Gasteiger partial charge in [0.2, 0.25) is 0 Å². The molecule has 1 aliphatic heterocycles. The maximum atomic E-state index is 11.3. The van der Waals surface area contributed by atoms with Crippen LogP contribution < -0.4 is 4.90 Å². The van der Waals surface area contributed by atoms with Crippen molar-refractivity contribution in [2.45, 2.75) is 45.4 Å². The number of aromatic carboxylic acids is 1. The zero-order valence-corrected chi connectivity index (χ0v) is 21.3. The number of aryl methyl sites for hydroxylation is 2. The molecular formula is C31H31N3O3. The van der Waals surface area contributed by atoms with E-state index in [0.29, 0.717) is 11.8 Å². The summed E-state index contributed by atoms with van der Waals surface area (Å²) in [5.41, 5.74) is 6.47. The van der Waals surface area contributed by atoms with Crippen LogP contribution in [-0.2, 0) is 0 Å². The second-order valence-corrected chi connectivity index (χ2v) is 10.4. The summed E-state index contributed by atoms with van der Waals surface area (Å²) in [5, 5.41) is 15.7. The highest BCUT2D eigenvalue weighted by Crippen LogP contribution is 2.45. The Bertz CT molecular complexity index is 1510. The van der Waals surface area contributed by atoms with Crippen LogP contribution in [0.5, 0.6) is 0 Å². The van der Waals surface area contributed by atoms with Gasteiger partial charge < -0.3 is 14.5 Å². The zero-order valence-electron chi connectivity index (χ0n) is 21.3. The summed E-state index contributed by atoms with van der Waals surface area (Å²) in [6, 6.07) is 16.3. The molecule has 3 heterocycles. The molecule has 4 aromatic rings. The molecular weight excluding hydrogens is 462 g/mol. The van der Waals surface area contributed by atoms with Gasteiger partial charge in [0.1, 0.15) is 17.1 Å². The molecule has 0 spiro atoms. The Morgan fingerprint density at radius 1 is 1.05 bits per heavy atom. The Hall–Kier alpha value is -3.93. The smallest absolute Gasteiger partial charge is 0.354 e. The Morgan fingerprint density at radius 2 is 1.84 bits per heavy atom. The summed E-state index contributed by atoms with van der Waals surface area (Å²) < 4.78 is 5.86. The summed E-state index contributed by atoms with van der Waals surface area (Å²) >= 11 is 0. The summed E-state index contributed by atoms with van der Waals surface area (Å²) in [6.07, 6.45) is 9.14. The summed E-state index contributed by atoms with van der Waals surface area (Å²) in [4.78, 5) is 18.0. The molecule has 0 unspecified atom stereocenters. The zero-order chi connectivity index (χ0) is 25.5. The monoisotopic (exact) mass is 493 g/mol. The fourth-order valence-corrected chi connectivity index (χ4v) is 5.44. The molecule has 0 atom stereocenters. The third-order valence-electron chi connectivity index (χ3n) is 7.77. The molecule has 2 aliphatic rings. The molecule has 2 fully saturated rings. The third kappa shape index (κ3) is 4.64. The second kappa shape index (κ2) is 9.51. The van der Waals surface area contributed by atoms with Gasteiger partial charge in [-0.15, -0.1) is 0 Å². The maximum absolute atomic E-state index is 11.3. The van der Waals surface area contributed by atoms with Crippen molar-refractivity contribution in [2.24, 2.45) is 5.92 Å². The van der Waals surface area contributed by atoms with E-state index >= 15 is 0 Å². The average Bonchev–Trinajstić information content (AvgIpc) is 3.67. The van der Waals surface area contributed by atoms with E-state index in [1.165, 1.54) is 24.1 Å². The molecule has 2 aromatic heterocycles. The minimum Gasteiger partial charge on any atom is -0.477 e. The standard InChI is InChI=1S/C31H31N3O3/c1-19-5-3-4-6-25(19)29-26(30(37-33-29)22-8-9-22)12-7-21-13-15-34(16-14-21)24-11-10-23-17-28(31(35)36)32-20(2)27(23)18-24/h3-7,10-12,17-18,21-22H,8-9,13-16H2,1-2H3,(H,35,36)/b12-7+. The van der Waals surface area contributed by atoms with Gasteiger partial charge in [-0.3, -0.25) is 0 Å². The number of carboxylic acids is 1. The first-order valence-electron chi connectivity index (χ1n) is 13.1. The average molecular weight is 494 g/mol. The van der Waals surface area contributed by atoms with E-state index in [4.69, 9.17) is 4.52 Å². The number of anilines is 1. The number of nitrogens with zero attached hydrogens (tertiary/aromatic N) is 3. The van der Waals surface area contributed by atoms with Crippen LogP contribution in [0.1, 0.15) is 64.7 Å². The topological polar surface area (TPSA) is 79.5 Å². The quantitative estimate of drug-likeness (QED) is 0.311. The van der Waals surface area contributed by atoms with Gasteiger partial charge in [-0.25, -0.2) is 9.78 Å². The van der Waals surface area contributed by atoms with Crippen molar-refractivity contribution >= 4 is 28.5 Å². The molecule has 6 rings (SSSR count). The lowest BCUT2D eigenvalue weighted by molar-refractivity contribution is 0.0690. The third-order valence-corrected chi connectivity index (χ3v) is 7.77. The number of piperidine rings is 1. The molecule has 37 heavy (non-hydrogen) atoms. The van der Waals surface area contributed by atoms with Gasteiger partial charge in [-0.2, -0.15) is 0 Å². The fourth-order valence-electron chi connectivity index (χ4n) is 5.44. The first-order valence-corrected chi connectivity index (χ1v) is 13.1. The normalized spacial score (nSPS) is 16.6. The number of aromatic nitrogens is 2. The largest absolute Gasteiger partial charge is 0.477 e. The van der Waals surface area contributed by atoms with Gasteiger partial charge in [0.25, 0.3) is 0 Å². The van der Waals surface area contributed by atoms with Gasteiger partial charge in [0.15, 0.2) is 0 Å². The molecule has 0 radical (unpaired) electrons. The molecule has 1 N–H and O–H groups in total. The lowest BCUT2D eigenvalue weighted by atomic mass is 9.93. The number of hydrogen-bond donors (Lipinski definition) is 1. The van der Waals surface area contributed by atoms with Gasteiger partial charge in [0.05, 0.1) is 0 Å². The minimum atomic E-state index is -0.995. The number of fused-ring (bicyclic) bond motifs is 1. The van der Waals surface area contributed by atoms with Crippen molar-refractivity contribution in [1.82, 2.24) is 10.1 Å². The lowest BCUT2D eigenvalue weighted by Gasteiger charge is -2.32. The number of carboxylic acid groups (broad SMARTS) is 1. The summed E-state index contributed by atoms with van der Waals surface area (Å²) in [6.45, 7) is 5.95. The van der Waals surface area contributed by atoms with E-state index in [9.17, 15) is 9.90 Å². The minimum absolute atomic E-state index is 0.0913. The number of pyridine rings is 1. The summed E-state index contributed by atoms with van der Waals surface area (Å²) in [5.74, 6) is 1.05. The molecule has 0 bridgehead atoms. The number of rotatable bonds is 6. The SMILES string of the molecule is Cc1ccccc1-c1noc(C2CC2)c1/C=C/C1CCN(c2ccc3cc(C(=O)O)nc(C)c3c2)CC1. The predicted octanol–water partition coefficient (Wildman–Crippen LogP) is 7.01. The molecule has 2 aromatic carbocycles. The Morgan fingerprint density at radius 3 is 2.57 bits per heavy atom. The Kier molecular flexibility index (Phi) is 6.03. The highest BCUT2D eigenvalue weighted by molar-refractivity contribution is 5.94. The van der Waals surface area contributed by atoms with Crippen LogP contribution in [0.4, 0.5) is 5.69 Å². The van der Waals surface area contributed by atoms with E-state index in [1.807, 2.05) is 13.0 Å². The van der Waals surface area contributed by atoms with Crippen molar-refractivity contribution < 1.29 is 14.4 Å². The lowest BCUT2D eigenvalue weighted by Crippen LogP contribution is -2.33. The van der Waals surface area contributed by atoms with Crippen molar-refractivity contribution in [2.75, 3.05) is 18.0 Å². The van der Waals surface area contributed by atoms with Gasteiger partial charge in [-0.05, 0) is 74.6 Å². The van der Waals surface area contributed by atoms with E-state index < -0.39 is 5.97 Å². The molecule has 188 valence electrons. The van der Waals surface area contributed by atoms with Crippen LogP contribution in [0.25, 0.3) is 28.1 Å². The van der Waals surface area contributed by atoms with Crippen LogP contribution in [0.15, 0.2) is 59.1 Å². The van der Waals surface area contributed by atoms with Crippen LogP contribution in [0.2, 0.25) is 0 Å². The maximum Gasteiger partial charge on any atom is 0.354 e. The molecule has 0 amide bonds. The van der Waals surface area contributed by atoms with E-state index in [1.54, 1.807) is 6.07 Å². The van der Waals surface area contributed by atoms with Gasteiger partial charge >= 0.3 is 5.97 Å². The number of allylic oxidation sites excluding steroid dienone is 1. The number of hydrogen-bond acceptors (Lipinski definition) is 5.